The van der Waals surface area contributed by atoms with Crippen LogP contribution < -0.4 is 15.4 Å². The topological polar surface area (TPSA) is 97.3 Å². The second-order valence-corrected chi connectivity index (χ2v) is 8.97. The Bertz CT molecular complexity index is 879. The van der Waals surface area contributed by atoms with Crippen molar-refractivity contribution in [2.24, 2.45) is 0 Å². The number of nitrogens with zero attached hydrogens (tertiary/aromatic N) is 2. The Kier molecular flexibility index (Phi) is 10.5. The first-order valence-corrected chi connectivity index (χ1v) is 12.7. The first-order chi connectivity index (χ1) is 17.0. The number of likely N-dealkylation sites (tertiary alicyclic amines) is 1. The fraction of sp³-hybridized carbons (Fsp3) is 0.519. The Morgan fingerprint density at radius 2 is 1.74 bits per heavy atom. The third-order valence-corrected chi connectivity index (χ3v) is 6.37. The highest BCUT2D eigenvalue weighted by atomic mass is 16.5. The zero-order valence-corrected chi connectivity index (χ0v) is 20.9. The van der Waals surface area contributed by atoms with Gasteiger partial charge in [0.05, 0.1) is 0 Å². The quantitative estimate of drug-likeness (QED) is 0.345. The third kappa shape index (κ3) is 8.64. The fourth-order valence-electron chi connectivity index (χ4n) is 4.21. The smallest absolute Gasteiger partial charge is 0.319 e. The van der Waals surface area contributed by atoms with Crippen LogP contribution in [0.2, 0.25) is 0 Å². The number of phenols is 1. The maximum absolute atomic E-state index is 12.5. The molecular weight excluding hydrogens is 444 g/mol. The van der Waals surface area contributed by atoms with Crippen LogP contribution in [0.15, 0.2) is 48.5 Å². The number of rotatable bonds is 12. The summed E-state index contributed by atoms with van der Waals surface area (Å²) in [4.78, 5) is 16.4. The van der Waals surface area contributed by atoms with Crippen molar-refractivity contribution in [3.05, 3.63) is 54.1 Å². The van der Waals surface area contributed by atoms with Crippen molar-refractivity contribution in [3.8, 4) is 11.5 Å². The van der Waals surface area contributed by atoms with Crippen molar-refractivity contribution >= 4 is 11.7 Å². The summed E-state index contributed by atoms with van der Waals surface area (Å²) in [6, 6.07) is 15.5. The second-order valence-electron chi connectivity index (χ2n) is 8.97. The van der Waals surface area contributed by atoms with Crippen LogP contribution in [0.4, 0.5) is 10.5 Å². The van der Waals surface area contributed by atoms with Crippen LogP contribution >= 0.6 is 0 Å². The number of nitrogens with one attached hydrogen (secondary N) is 2. The highest BCUT2D eigenvalue weighted by molar-refractivity contribution is 5.74. The number of urea groups is 1. The van der Waals surface area contributed by atoms with Crippen LogP contribution in [-0.4, -0.2) is 84.1 Å². The standard InChI is InChI=1S/C27H40N4O4/c1-3-30(4-2)27(34)31-17-14-23(15-18-31)29-22-7-5-21(6-8-22)13-16-28-19-25(33)20-35-26-11-9-24(32)10-12-26/h5-12,23,25,28-29,32-33H,3-4,13-20H2,1-2H3/t25-/m0/s1. The van der Waals surface area contributed by atoms with Crippen molar-refractivity contribution in [1.29, 1.82) is 0 Å². The van der Waals surface area contributed by atoms with Gasteiger partial charge < -0.3 is 35.4 Å². The minimum Gasteiger partial charge on any atom is -0.508 e. The first kappa shape index (κ1) is 26.6. The zero-order chi connectivity index (χ0) is 25.0. The Morgan fingerprint density at radius 1 is 1.09 bits per heavy atom. The molecule has 0 unspecified atom stereocenters. The summed E-state index contributed by atoms with van der Waals surface area (Å²) >= 11 is 0. The predicted molar refractivity (Wildman–Crippen MR) is 139 cm³/mol. The van der Waals surface area contributed by atoms with E-state index < -0.39 is 6.10 Å². The van der Waals surface area contributed by atoms with Crippen LogP contribution in [0.25, 0.3) is 0 Å². The van der Waals surface area contributed by atoms with E-state index in [2.05, 4.69) is 34.9 Å². The molecule has 0 saturated carbocycles. The lowest BCUT2D eigenvalue weighted by atomic mass is 10.0. The summed E-state index contributed by atoms with van der Waals surface area (Å²) in [7, 11) is 0. The van der Waals surface area contributed by atoms with Crippen molar-refractivity contribution in [1.82, 2.24) is 15.1 Å². The Balaban J connectivity index is 1.30. The number of hydrogen-bond acceptors (Lipinski definition) is 6. The van der Waals surface area contributed by atoms with Gasteiger partial charge in [0.15, 0.2) is 0 Å². The van der Waals surface area contributed by atoms with E-state index in [1.165, 1.54) is 5.56 Å². The van der Waals surface area contributed by atoms with Gasteiger partial charge in [0.2, 0.25) is 0 Å². The first-order valence-electron chi connectivity index (χ1n) is 12.7. The van der Waals surface area contributed by atoms with E-state index in [4.69, 9.17) is 4.74 Å². The molecule has 2 aromatic rings. The molecule has 0 aromatic heterocycles. The number of aromatic hydroxyl groups is 1. The lowest BCUT2D eigenvalue weighted by Crippen LogP contribution is -2.48. The van der Waals surface area contributed by atoms with E-state index >= 15 is 0 Å². The molecule has 1 aliphatic rings. The largest absolute Gasteiger partial charge is 0.508 e. The van der Waals surface area contributed by atoms with E-state index in [9.17, 15) is 15.0 Å². The number of phenolic OH excluding ortho intramolecular Hbond substituents is 1. The lowest BCUT2D eigenvalue weighted by molar-refractivity contribution is 0.106. The second kappa shape index (κ2) is 13.8. The van der Waals surface area contributed by atoms with E-state index in [0.29, 0.717) is 18.3 Å². The number of hydrogen-bond donors (Lipinski definition) is 4. The highest BCUT2D eigenvalue weighted by Crippen LogP contribution is 2.19. The monoisotopic (exact) mass is 484 g/mol. The number of aliphatic hydroxyl groups excluding tert-OH is 1. The molecule has 192 valence electrons. The minimum absolute atomic E-state index is 0.156. The van der Waals surface area contributed by atoms with Crippen molar-refractivity contribution in [2.75, 3.05) is 51.2 Å². The molecule has 0 radical (unpaired) electrons. The van der Waals surface area contributed by atoms with Crippen LogP contribution in [0, 0.1) is 0 Å². The zero-order valence-electron chi connectivity index (χ0n) is 20.9. The van der Waals surface area contributed by atoms with Gasteiger partial charge in [0, 0.05) is 44.5 Å². The molecule has 8 nitrogen and oxygen atoms in total. The Labute approximate surface area is 208 Å². The number of benzene rings is 2. The van der Waals surface area contributed by atoms with Crippen molar-refractivity contribution < 1.29 is 19.7 Å². The Hall–Kier alpha value is -2.97. The molecule has 1 fully saturated rings. The number of piperidine rings is 1. The minimum atomic E-state index is -0.607. The summed E-state index contributed by atoms with van der Waals surface area (Å²) in [5.74, 6) is 0.807. The molecule has 8 heteroatoms. The van der Waals surface area contributed by atoms with Crippen LogP contribution in [-0.2, 0) is 6.42 Å². The van der Waals surface area contributed by atoms with Crippen molar-refractivity contribution in [2.45, 2.75) is 45.3 Å². The van der Waals surface area contributed by atoms with Gasteiger partial charge >= 0.3 is 6.03 Å². The van der Waals surface area contributed by atoms with Crippen LogP contribution in [0.3, 0.4) is 0 Å². The SMILES string of the molecule is CCN(CC)C(=O)N1CCC(Nc2ccc(CCNC[C@H](O)COc3ccc(O)cc3)cc2)CC1. The summed E-state index contributed by atoms with van der Waals surface area (Å²) in [5.41, 5.74) is 2.34. The van der Waals surface area contributed by atoms with Crippen LogP contribution in [0.5, 0.6) is 11.5 Å². The van der Waals surface area contributed by atoms with E-state index in [-0.39, 0.29) is 18.4 Å². The van der Waals surface area contributed by atoms with Gasteiger partial charge in [0.1, 0.15) is 24.2 Å². The number of carbonyl (C=O) groups excluding carboxylic acids is 1. The normalized spacial score (nSPS) is 15.0. The molecule has 2 aromatic carbocycles. The average molecular weight is 485 g/mol. The highest BCUT2D eigenvalue weighted by Gasteiger charge is 2.25. The van der Waals surface area contributed by atoms with E-state index in [0.717, 1.165) is 57.7 Å². The fourth-order valence-corrected chi connectivity index (χ4v) is 4.21. The molecule has 4 N–H and O–H groups in total. The summed E-state index contributed by atoms with van der Waals surface area (Å²) in [6.07, 6.45) is 2.18. The molecule has 1 atom stereocenters. The molecule has 1 heterocycles. The molecule has 1 saturated heterocycles. The average Bonchev–Trinajstić information content (AvgIpc) is 2.88. The molecule has 0 spiro atoms. The van der Waals surface area contributed by atoms with E-state index in [1.807, 2.05) is 23.6 Å². The number of anilines is 1. The van der Waals surface area contributed by atoms with Gasteiger partial charge in [-0.25, -0.2) is 4.79 Å². The maximum atomic E-state index is 12.5. The molecule has 3 rings (SSSR count). The summed E-state index contributed by atoms with van der Waals surface area (Å²) in [5, 5.41) is 26.2. The third-order valence-electron chi connectivity index (χ3n) is 6.37. The lowest BCUT2D eigenvalue weighted by Gasteiger charge is -2.35. The molecule has 0 aliphatic carbocycles. The van der Waals surface area contributed by atoms with Crippen LogP contribution in [0.1, 0.15) is 32.3 Å². The number of aliphatic hydroxyl groups is 1. The van der Waals surface area contributed by atoms with Gasteiger partial charge in [0.25, 0.3) is 0 Å². The maximum Gasteiger partial charge on any atom is 0.319 e. The van der Waals surface area contributed by atoms with Gasteiger partial charge in [-0.3, -0.25) is 0 Å². The number of ether oxygens (including phenoxy) is 1. The van der Waals surface area contributed by atoms with Gasteiger partial charge in [-0.2, -0.15) is 0 Å². The molecule has 35 heavy (non-hydrogen) atoms. The molecular formula is C27H40N4O4. The number of carbonyl (C=O) groups is 1. The van der Waals surface area contributed by atoms with Gasteiger partial charge in [-0.1, -0.05) is 12.1 Å². The predicted octanol–water partition coefficient (Wildman–Crippen LogP) is 3.30. The van der Waals surface area contributed by atoms with Crippen molar-refractivity contribution in [3.63, 3.8) is 0 Å². The van der Waals surface area contributed by atoms with Gasteiger partial charge in [-0.05, 0) is 81.6 Å². The molecule has 1 aliphatic heterocycles. The molecule has 0 bridgehead atoms. The van der Waals surface area contributed by atoms with E-state index in [1.54, 1.807) is 24.3 Å². The Morgan fingerprint density at radius 3 is 2.37 bits per heavy atom. The van der Waals surface area contributed by atoms with Gasteiger partial charge in [-0.15, -0.1) is 0 Å². The number of amides is 2. The molecule has 2 amide bonds. The summed E-state index contributed by atoms with van der Waals surface area (Å²) in [6.45, 7) is 8.56. The summed E-state index contributed by atoms with van der Waals surface area (Å²) < 4.78 is 5.52.